The molecule has 7 heteroatoms. The Morgan fingerprint density at radius 2 is 1.85 bits per heavy atom. The van der Waals surface area contributed by atoms with Gasteiger partial charge in [0.05, 0.1) is 6.21 Å². The van der Waals surface area contributed by atoms with Crippen molar-refractivity contribution in [1.82, 2.24) is 10.7 Å². The molecule has 0 atom stereocenters. The van der Waals surface area contributed by atoms with E-state index in [1.807, 2.05) is 37.3 Å². The van der Waals surface area contributed by atoms with Crippen LogP contribution >= 0.6 is 11.6 Å². The third kappa shape index (κ3) is 6.75. The van der Waals surface area contributed by atoms with Crippen molar-refractivity contribution < 1.29 is 14.3 Å². The summed E-state index contributed by atoms with van der Waals surface area (Å²) in [5.74, 6) is -0.927. The van der Waals surface area contributed by atoms with E-state index in [2.05, 4.69) is 15.8 Å². The zero-order valence-electron chi connectivity index (χ0n) is 15.1. The molecule has 2 N–H and O–H groups in total. The topological polar surface area (TPSA) is 79.8 Å². The van der Waals surface area contributed by atoms with Gasteiger partial charge in [0, 0.05) is 22.7 Å². The summed E-state index contributed by atoms with van der Waals surface area (Å²) in [5.41, 5.74) is 3.74. The van der Waals surface area contributed by atoms with Crippen molar-refractivity contribution in [1.29, 1.82) is 0 Å². The highest BCUT2D eigenvalue weighted by Crippen LogP contribution is 2.20. The van der Waals surface area contributed by atoms with Crippen LogP contribution in [0.4, 0.5) is 0 Å². The molecule has 6 nitrogen and oxygen atoms in total. The molecule has 2 aromatic rings. The summed E-state index contributed by atoms with van der Waals surface area (Å²) < 4.78 is 5.81. The van der Waals surface area contributed by atoms with Crippen LogP contribution in [-0.4, -0.2) is 24.6 Å². The van der Waals surface area contributed by atoms with Gasteiger partial charge < -0.3 is 10.1 Å². The molecule has 0 fully saturated rings. The van der Waals surface area contributed by atoms with Gasteiger partial charge in [0.25, 0.3) is 0 Å². The van der Waals surface area contributed by atoms with Crippen LogP contribution in [0.3, 0.4) is 0 Å². The molecular weight excluding hydrogens is 366 g/mol. The van der Waals surface area contributed by atoms with Gasteiger partial charge in [-0.15, -0.1) is 0 Å². The summed E-state index contributed by atoms with van der Waals surface area (Å²) in [5, 5.41) is 6.99. The molecule has 0 saturated carbocycles. The highest BCUT2D eigenvalue weighted by atomic mass is 35.5. The van der Waals surface area contributed by atoms with E-state index in [-0.39, 0.29) is 0 Å². The maximum atomic E-state index is 11.7. The van der Waals surface area contributed by atoms with Gasteiger partial charge in [-0.25, -0.2) is 5.43 Å². The molecule has 27 heavy (non-hydrogen) atoms. The lowest BCUT2D eigenvalue weighted by atomic mass is 10.2. The minimum Gasteiger partial charge on any atom is -0.488 e. The zero-order chi connectivity index (χ0) is 19.5. The molecular formula is C20H22ClN3O3. The van der Waals surface area contributed by atoms with Crippen LogP contribution in [0.5, 0.6) is 5.75 Å². The van der Waals surface area contributed by atoms with Crippen molar-refractivity contribution in [3.8, 4) is 5.75 Å². The number of amides is 2. The highest BCUT2D eigenvalue weighted by Gasteiger charge is 2.11. The minimum atomic E-state index is -0.809. The molecule has 2 amide bonds. The fourth-order valence-electron chi connectivity index (χ4n) is 2.16. The quantitative estimate of drug-likeness (QED) is 0.315. The SMILES string of the molecule is CCCCNC(=O)C(=O)N/N=C/c1ccccc1OCc1ccccc1Cl. The van der Waals surface area contributed by atoms with Crippen molar-refractivity contribution >= 4 is 29.6 Å². The van der Waals surface area contributed by atoms with E-state index in [1.165, 1.54) is 6.21 Å². The van der Waals surface area contributed by atoms with E-state index >= 15 is 0 Å². The van der Waals surface area contributed by atoms with Crippen LogP contribution in [0.1, 0.15) is 30.9 Å². The lowest BCUT2D eigenvalue weighted by Crippen LogP contribution is -2.38. The molecule has 0 aliphatic rings. The van der Waals surface area contributed by atoms with E-state index in [0.29, 0.717) is 29.5 Å². The number of unbranched alkanes of at least 4 members (excludes halogenated alkanes) is 1. The van der Waals surface area contributed by atoms with E-state index in [9.17, 15) is 9.59 Å². The number of ether oxygens (including phenoxy) is 1. The Morgan fingerprint density at radius 3 is 2.63 bits per heavy atom. The van der Waals surface area contributed by atoms with Crippen molar-refractivity contribution in [2.45, 2.75) is 26.4 Å². The molecule has 142 valence electrons. The molecule has 2 aromatic carbocycles. The summed E-state index contributed by atoms with van der Waals surface area (Å²) in [6, 6.07) is 14.7. The van der Waals surface area contributed by atoms with Crippen molar-refractivity contribution in [3.63, 3.8) is 0 Å². The predicted octanol–water partition coefficient (Wildman–Crippen LogP) is 3.29. The monoisotopic (exact) mass is 387 g/mol. The first-order chi connectivity index (χ1) is 13.1. The molecule has 0 bridgehead atoms. The standard InChI is InChI=1S/C20H22ClN3O3/c1-2-3-12-22-19(25)20(26)24-23-13-15-8-5-7-11-18(15)27-14-16-9-4-6-10-17(16)21/h4-11,13H,2-3,12,14H2,1H3,(H,22,25)(H,24,26)/b23-13+. The number of carbonyl (C=O) groups excluding carboxylic acids is 2. The smallest absolute Gasteiger partial charge is 0.329 e. The number of para-hydroxylation sites is 1. The van der Waals surface area contributed by atoms with Crippen molar-refractivity contribution in [2.24, 2.45) is 5.10 Å². The number of benzene rings is 2. The second-order valence-electron chi connectivity index (χ2n) is 5.73. The van der Waals surface area contributed by atoms with E-state index in [0.717, 1.165) is 18.4 Å². The predicted molar refractivity (Wildman–Crippen MR) is 106 cm³/mol. The second kappa shape index (κ2) is 11.0. The molecule has 0 aliphatic heterocycles. The van der Waals surface area contributed by atoms with Gasteiger partial charge in [0.1, 0.15) is 12.4 Å². The average Bonchev–Trinajstić information content (AvgIpc) is 2.68. The van der Waals surface area contributed by atoms with Crippen LogP contribution in [-0.2, 0) is 16.2 Å². The van der Waals surface area contributed by atoms with Gasteiger partial charge in [0.15, 0.2) is 0 Å². The van der Waals surface area contributed by atoms with Gasteiger partial charge in [0.2, 0.25) is 0 Å². The lowest BCUT2D eigenvalue weighted by molar-refractivity contribution is -0.139. The Bertz CT molecular complexity index is 809. The molecule has 0 spiro atoms. The number of carbonyl (C=O) groups is 2. The van der Waals surface area contributed by atoms with Gasteiger partial charge in [-0.3, -0.25) is 9.59 Å². The molecule has 0 aromatic heterocycles. The number of rotatable bonds is 8. The van der Waals surface area contributed by atoms with Gasteiger partial charge in [-0.1, -0.05) is 55.3 Å². The number of hydrazone groups is 1. The van der Waals surface area contributed by atoms with Gasteiger partial charge in [-0.05, 0) is 24.6 Å². The summed E-state index contributed by atoms with van der Waals surface area (Å²) in [6.45, 7) is 2.77. The van der Waals surface area contributed by atoms with Crippen LogP contribution in [0.15, 0.2) is 53.6 Å². The third-order valence-corrected chi connectivity index (χ3v) is 4.02. The Hall–Kier alpha value is -2.86. The number of nitrogens with zero attached hydrogens (tertiary/aromatic N) is 1. The van der Waals surface area contributed by atoms with Crippen LogP contribution in [0.2, 0.25) is 5.02 Å². The van der Waals surface area contributed by atoms with Crippen molar-refractivity contribution in [2.75, 3.05) is 6.54 Å². The normalized spacial score (nSPS) is 10.6. The minimum absolute atomic E-state index is 0.302. The summed E-state index contributed by atoms with van der Waals surface area (Å²) >= 11 is 6.13. The van der Waals surface area contributed by atoms with Gasteiger partial charge >= 0.3 is 11.8 Å². The molecule has 0 radical (unpaired) electrons. The Kier molecular flexibility index (Phi) is 8.32. The Labute approximate surface area is 163 Å². The van der Waals surface area contributed by atoms with Crippen LogP contribution < -0.4 is 15.5 Å². The number of halogens is 1. The van der Waals surface area contributed by atoms with Crippen LogP contribution in [0.25, 0.3) is 0 Å². The highest BCUT2D eigenvalue weighted by molar-refractivity contribution is 6.35. The van der Waals surface area contributed by atoms with Crippen LogP contribution in [0, 0.1) is 0 Å². The number of hydrogen-bond donors (Lipinski definition) is 2. The molecule has 0 aliphatic carbocycles. The summed E-state index contributed by atoms with van der Waals surface area (Å²) in [7, 11) is 0. The lowest BCUT2D eigenvalue weighted by Gasteiger charge is -2.10. The average molecular weight is 388 g/mol. The molecule has 0 saturated heterocycles. The Morgan fingerprint density at radius 1 is 1.11 bits per heavy atom. The molecule has 0 unspecified atom stereocenters. The number of hydrogen-bond acceptors (Lipinski definition) is 4. The largest absolute Gasteiger partial charge is 0.488 e. The zero-order valence-corrected chi connectivity index (χ0v) is 15.8. The molecule has 0 heterocycles. The number of nitrogens with one attached hydrogen (secondary N) is 2. The van der Waals surface area contributed by atoms with E-state index in [4.69, 9.17) is 16.3 Å². The first-order valence-corrected chi connectivity index (χ1v) is 9.06. The first-order valence-electron chi connectivity index (χ1n) is 8.68. The van der Waals surface area contributed by atoms with E-state index < -0.39 is 11.8 Å². The summed E-state index contributed by atoms with van der Waals surface area (Å²) in [6.07, 6.45) is 3.18. The Balaban J connectivity index is 1.93. The summed E-state index contributed by atoms with van der Waals surface area (Å²) in [4.78, 5) is 23.3. The van der Waals surface area contributed by atoms with Gasteiger partial charge in [-0.2, -0.15) is 5.10 Å². The van der Waals surface area contributed by atoms with E-state index in [1.54, 1.807) is 18.2 Å². The fraction of sp³-hybridized carbons (Fsp3) is 0.250. The maximum Gasteiger partial charge on any atom is 0.329 e. The maximum absolute atomic E-state index is 11.7. The molecule has 2 rings (SSSR count). The second-order valence-corrected chi connectivity index (χ2v) is 6.13. The first kappa shape index (κ1) is 20.5. The van der Waals surface area contributed by atoms with Crippen molar-refractivity contribution in [3.05, 3.63) is 64.7 Å². The third-order valence-electron chi connectivity index (χ3n) is 3.65. The fourth-order valence-corrected chi connectivity index (χ4v) is 2.35.